The van der Waals surface area contributed by atoms with Crippen molar-refractivity contribution in [3.8, 4) is 5.75 Å². The second kappa shape index (κ2) is 12.5. The first kappa shape index (κ1) is 25.6. The molecule has 34 heavy (non-hydrogen) atoms. The van der Waals surface area contributed by atoms with Gasteiger partial charge in [-0.25, -0.2) is 4.79 Å². The molecule has 0 radical (unpaired) electrons. The molecule has 9 nitrogen and oxygen atoms in total. The first-order valence-electron chi connectivity index (χ1n) is 11.4. The number of carbonyl (C=O) groups is 2. The highest BCUT2D eigenvalue weighted by Gasteiger charge is 2.20. The normalized spacial score (nSPS) is 14.0. The van der Waals surface area contributed by atoms with E-state index in [1.165, 1.54) is 4.90 Å². The number of carboxylic acid groups (broad SMARTS) is 1. The Balaban J connectivity index is 1.49. The molecular formula is C24H31BrN4O5. The zero-order chi connectivity index (χ0) is 24.5. The smallest absolute Gasteiger partial charge is 0.407 e. The summed E-state index contributed by atoms with van der Waals surface area (Å²) in [6, 6.07) is 7.81. The lowest BCUT2D eigenvalue weighted by Gasteiger charge is -2.34. The van der Waals surface area contributed by atoms with Crippen LogP contribution in [-0.4, -0.2) is 64.6 Å². The van der Waals surface area contributed by atoms with Crippen molar-refractivity contribution in [2.75, 3.05) is 37.7 Å². The number of ether oxygens (including phenoxy) is 2. The molecule has 0 atom stereocenters. The number of aromatic nitrogens is 2. The van der Waals surface area contributed by atoms with Crippen LogP contribution in [0.3, 0.4) is 0 Å². The summed E-state index contributed by atoms with van der Waals surface area (Å²) < 4.78 is 13.6. The molecule has 2 aromatic rings. The monoisotopic (exact) mass is 534 g/mol. The number of unbranched alkanes of at least 4 members (excludes halogenated alkanes) is 1. The fraction of sp³-hybridized carbons (Fsp3) is 0.458. The van der Waals surface area contributed by atoms with Gasteiger partial charge in [-0.2, -0.15) is 5.10 Å². The van der Waals surface area contributed by atoms with E-state index in [-0.39, 0.29) is 5.97 Å². The Morgan fingerprint density at radius 3 is 2.53 bits per heavy atom. The first-order valence-corrected chi connectivity index (χ1v) is 12.2. The summed E-state index contributed by atoms with van der Waals surface area (Å²) in [6.45, 7) is 4.90. The van der Waals surface area contributed by atoms with Crippen LogP contribution in [0.25, 0.3) is 6.08 Å². The van der Waals surface area contributed by atoms with E-state index in [0.717, 1.165) is 40.1 Å². The number of nitrogens with zero attached hydrogens (tertiary/aromatic N) is 4. The van der Waals surface area contributed by atoms with E-state index >= 15 is 0 Å². The molecule has 1 saturated heterocycles. The Hall–Kier alpha value is -3.01. The maximum Gasteiger partial charge on any atom is 0.407 e. The van der Waals surface area contributed by atoms with Crippen LogP contribution in [0.2, 0.25) is 0 Å². The van der Waals surface area contributed by atoms with Gasteiger partial charge in [0.1, 0.15) is 18.1 Å². The summed E-state index contributed by atoms with van der Waals surface area (Å²) >= 11 is 3.63. The number of rotatable bonds is 10. The van der Waals surface area contributed by atoms with Gasteiger partial charge in [-0.3, -0.25) is 9.48 Å². The molecule has 1 N–H and O–H groups in total. The zero-order valence-electron chi connectivity index (χ0n) is 19.6. The molecule has 3 rings (SSSR count). The fourth-order valence-electron chi connectivity index (χ4n) is 3.70. The van der Waals surface area contributed by atoms with Crippen molar-refractivity contribution in [3.63, 3.8) is 0 Å². The summed E-state index contributed by atoms with van der Waals surface area (Å²) in [7, 11) is 1.88. The fourth-order valence-corrected chi connectivity index (χ4v) is 4.28. The predicted octanol–water partition coefficient (Wildman–Crippen LogP) is 4.31. The van der Waals surface area contributed by atoms with Crippen LogP contribution in [0.1, 0.15) is 37.6 Å². The third-order valence-corrected chi connectivity index (χ3v) is 6.42. The number of hydrogen-bond donors (Lipinski definition) is 1. The quantitative estimate of drug-likeness (QED) is 0.358. The van der Waals surface area contributed by atoms with Crippen molar-refractivity contribution in [1.29, 1.82) is 0 Å². The second-order valence-electron chi connectivity index (χ2n) is 7.91. The van der Waals surface area contributed by atoms with Gasteiger partial charge in [-0.1, -0.05) is 6.08 Å². The molecule has 0 aliphatic carbocycles. The van der Waals surface area contributed by atoms with Gasteiger partial charge in [0.05, 0.1) is 16.8 Å². The van der Waals surface area contributed by atoms with Crippen molar-refractivity contribution in [2.45, 2.75) is 32.8 Å². The summed E-state index contributed by atoms with van der Waals surface area (Å²) in [6.07, 6.45) is 5.09. The predicted molar refractivity (Wildman–Crippen MR) is 133 cm³/mol. The Kier molecular flexibility index (Phi) is 9.38. The largest absolute Gasteiger partial charge is 0.487 e. The van der Waals surface area contributed by atoms with Gasteiger partial charge in [0.15, 0.2) is 0 Å². The van der Waals surface area contributed by atoms with Gasteiger partial charge in [0.2, 0.25) is 0 Å². The number of carbonyl (C=O) groups excluding carboxylic acids is 1. The van der Waals surface area contributed by atoms with E-state index < -0.39 is 6.09 Å². The molecule has 1 fully saturated rings. The molecule has 184 valence electrons. The van der Waals surface area contributed by atoms with Crippen LogP contribution in [0.4, 0.5) is 10.5 Å². The van der Waals surface area contributed by atoms with Gasteiger partial charge in [0.25, 0.3) is 0 Å². The second-order valence-corrected chi connectivity index (χ2v) is 8.70. The molecule has 1 aliphatic heterocycles. The summed E-state index contributed by atoms with van der Waals surface area (Å²) in [4.78, 5) is 26.1. The minimum absolute atomic E-state index is 0.161. The maximum absolute atomic E-state index is 11.4. The van der Waals surface area contributed by atoms with E-state index in [1.54, 1.807) is 4.68 Å². The Bertz CT molecular complexity index is 998. The van der Waals surface area contributed by atoms with Crippen molar-refractivity contribution >= 4 is 39.8 Å². The molecule has 2 heterocycles. The molecule has 10 heteroatoms. The lowest BCUT2D eigenvalue weighted by molar-refractivity contribution is -0.143. The van der Waals surface area contributed by atoms with Crippen LogP contribution in [0.5, 0.6) is 5.75 Å². The van der Waals surface area contributed by atoms with Gasteiger partial charge < -0.3 is 24.4 Å². The van der Waals surface area contributed by atoms with Gasteiger partial charge in [-0.05, 0) is 66.0 Å². The summed E-state index contributed by atoms with van der Waals surface area (Å²) in [5.41, 5.74) is 2.78. The number of allylic oxidation sites excluding steroid dienone is 1. The van der Waals surface area contributed by atoms with Crippen LogP contribution in [0, 0.1) is 0 Å². The molecule has 0 spiro atoms. The average Bonchev–Trinajstić information content (AvgIpc) is 3.10. The van der Waals surface area contributed by atoms with Gasteiger partial charge in [-0.15, -0.1) is 0 Å². The lowest BCUT2D eigenvalue weighted by Crippen LogP contribution is -2.48. The SMILES string of the molecule is CCOC(=O)CCCC=Cc1c(Br)c(COc2ccc(N3CCN(C(=O)O)CC3)cc2)nn1C. The van der Waals surface area contributed by atoms with Crippen LogP contribution < -0.4 is 9.64 Å². The highest BCUT2D eigenvalue weighted by atomic mass is 79.9. The molecule has 1 amide bonds. The topological polar surface area (TPSA) is 97.1 Å². The molecule has 1 aromatic heterocycles. The van der Waals surface area contributed by atoms with Crippen molar-refractivity contribution in [2.24, 2.45) is 7.05 Å². The third kappa shape index (κ3) is 6.99. The zero-order valence-corrected chi connectivity index (χ0v) is 21.2. The highest BCUT2D eigenvalue weighted by Crippen LogP contribution is 2.25. The number of amides is 1. The van der Waals surface area contributed by atoms with E-state index in [4.69, 9.17) is 14.6 Å². The summed E-state index contributed by atoms with van der Waals surface area (Å²) in [5.74, 6) is 0.576. The molecular weight excluding hydrogens is 504 g/mol. The Morgan fingerprint density at radius 1 is 1.18 bits per heavy atom. The lowest BCUT2D eigenvalue weighted by atomic mass is 10.2. The molecule has 0 saturated carbocycles. The minimum atomic E-state index is -0.864. The Morgan fingerprint density at radius 2 is 1.88 bits per heavy atom. The number of benzene rings is 1. The number of esters is 1. The van der Waals surface area contributed by atoms with E-state index in [0.29, 0.717) is 45.8 Å². The highest BCUT2D eigenvalue weighted by molar-refractivity contribution is 9.10. The number of halogens is 1. The van der Waals surface area contributed by atoms with Crippen molar-refractivity contribution in [3.05, 3.63) is 46.2 Å². The maximum atomic E-state index is 11.4. The van der Waals surface area contributed by atoms with E-state index in [1.807, 2.05) is 50.4 Å². The van der Waals surface area contributed by atoms with E-state index in [9.17, 15) is 9.59 Å². The standard InChI is InChI=1S/C24H31BrN4O5/c1-3-33-22(30)8-6-4-5-7-21-23(25)20(26-27(21)2)17-34-19-11-9-18(10-12-19)28-13-15-29(16-14-28)24(31)32/h5,7,9-12H,3-4,6,8,13-17H2,1-2H3,(H,31,32). The van der Waals surface area contributed by atoms with Crippen LogP contribution in [-0.2, 0) is 23.2 Å². The number of anilines is 1. The Labute approximate surface area is 208 Å². The van der Waals surface area contributed by atoms with Crippen LogP contribution in [0.15, 0.2) is 34.8 Å². The number of hydrogen-bond acceptors (Lipinski definition) is 6. The average molecular weight is 535 g/mol. The number of aryl methyl sites for hydroxylation is 1. The van der Waals surface area contributed by atoms with Crippen molar-refractivity contribution < 1.29 is 24.2 Å². The number of piperazine rings is 1. The molecule has 0 bridgehead atoms. The summed E-state index contributed by atoms with van der Waals surface area (Å²) in [5, 5.41) is 13.6. The van der Waals surface area contributed by atoms with E-state index in [2.05, 4.69) is 25.9 Å². The molecule has 0 unspecified atom stereocenters. The first-order chi connectivity index (χ1) is 16.4. The minimum Gasteiger partial charge on any atom is -0.487 e. The van der Waals surface area contributed by atoms with Gasteiger partial charge >= 0.3 is 12.1 Å². The molecule has 1 aromatic carbocycles. The molecule has 1 aliphatic rings. The third-order valence-electron chi connectivity index (χ3n) is 5.56. The van der Waals surface area contributed by atoms with Crippen LogP contribution >= 0.6 is 15.9 Å². The van der Waals surface area contributed by atoms with Gasteiger partial charge in [0, 0.05) is 45.3 Å². The van der Waals surface area contributed by atoms with Crippen molar-refractivity contribution in [1.82, 2.24) is 14.7 Å².